The van der Waals surface area contributed by atoms with Crippen LogP contribution >= 0.6 is 0 Å². The molecular weight excluding hydrogens is 563 g/mol. The van der Waals surface area contributed by atoms with Gasteiger partial charge in [-0.1, -0.05) is 18.2 Å². The predicted molar refractivity (Wildman–Crippen MR) is 157 cm³/mol. The number of H-pyrrole nitrogens is 1. The summed E-state index contributed by atoms with van der Waals surface area (Å²) < 4.78 is 43.5. The van der Waals surface area contributed by atoms with E-state index in [1.54, 1.807) is 6.20 Å². The Kier molecular flexibility index (Phi) is 7.23. The predicted octanol–water partition coefficient (Wildman–Crippen LogP) is 4.60. The number of piperidine rings is 1. The number of hydrogen-bond acceptors (Lipinski definition) is 10. The fourth-order valence-electron chi connectivity index (χ4n) is 5.19. The Hall–Kier alpha value is -4.95. The van der Waals surface area contributed by atoms with Crippen LogP contribution in [-0.2, 0) is 0 Å². The third-order valence-corrected chi connectivity index (χ3v) is 7.43. The number of hydrogen-bond donors (Lipinski definition) is 5. The molecule has 0 amide bonds. The third kappa shape index (κ3) is 5.74. The topological polar surface area (TPSA) is 164 Å². The van der Waals surface area contributed by atoms with Gasteiger partial charge in [0.1, 0.15) is 28.7 Å². The van der Waals surface area contributed by atoms with Gasteiger partial charge in [0.2, 0.25) is 0 Å². The molecule has 0 atom stereocenters. The first-order valence-corrected chi connectivity index (χ1v) is 13.5. The SMILES string of the molecule is Nc1ncc(-c2ncccc2OC(F)(F)F)nc1-c1c(Nc2ncccc2N2CCC(N)(CO)CC2)[nH]c2ccccc12. The highest BCUT2D eigenvalue weighted by Crippen LogP contribution is 2.41. The van der Waals surface area contributed by atoms with E-state index in [4.69, 9.17) is 11.5 Å². The van der Waals surface area contributed by atoms with Crippen LogP contribution in [0.5, 0.6) is 5.75 Å². The number of ether oxygens (including phenoxy) is 1. The molecule has 5 aromatic rings. The van der Waals surface area contributed by atoms with Crippen molar-refractivity contribution in [2.45, 2.75) is 24.7 Å². The van der Waals surface area contributed by atoms with Crippen molar-refractivity contribution in [3.05, 3.63) is 67.1 Å². The summed E-state index contributed by atoms with van der Waals surface area (Å²) in [4.78, 5) is 23.1. The number of rotatable bonds is 7. The lowest BCUT2D eigenvalue weighted by Crippen LogP contribution is -2.53. The minimum Gasteiger partial charge on any atom is -0.403 e. The van der Waals surface area contributed by atoms with E-state index in [-0.39, 0.29) is 29.5 Å². The highest BCUT2D eigenvalue weighted by Gasteiger charge is 2.33. The largest absolute Gasteiger partial charge is 0.573 e. The maximum Gasteiger partial charge on any atom is 0.573 e. The standard InChI is InChI=1S/C29H28F3N9O2/c30-29(31,32)43-21-8-4-11-35-23(21)19-15-37-25(33)24(38-19)22-17-5-1-2-6-18(17)39-27(22)40-26-20(7-3-12-36-26)41-13-9-28(34,16-42)10-14-41/h1-8,11-12,15,39,42H,9-10,13-14,16,34H2,(H2,33,37)(H,36,40). The summed E-state index contributed by atoms with van der Waals surface area (Å²) in [6.45, 7) is 1.18. The number of fused-ring (bicyclic) bond motifs is 1. The lowest BCUT2D eigenvalue weighted by molar-refractivity contribution is -0.274. The maximum absolute atomic E-state index is 13.1. The molecule has 1 aliphatic heterocycles. The molecule has 5 heterocycles. The Morgan fingerprint density at radius 1 is 1.00 bits per heavy atom. The fourth-order valence-corrected chi connectivity index (χ4v) is 5.19. The number of halogens is 3. The molecule has 1 aliphatic rings. The Morgan fingerprint density at radius 2 is 1.74 bits per heavy atom. The van der Waals surface area contributed by atoms with Crippen molar-refractivity contribution in [1.82, 2.24) is 24.9 Å². The molecule has 43 heavy (non-hydrogen) atoms. The number of nitrogen functional groups attached to an aromatic ring is 1. The smallest absolute Gasteiger partial charge is 0.403 e. The second-order valence-electron chi connectivity index (χ2n) is 10.3. The van der Waals surface area contributed by atoms with Gasteiger partial charge in [-0.25, -0.2) is 15.0 Å². The molecule has 1 aromatic carbocycles. The summed E-state index contributed by atoms with van der Waals surface area (Å²) in [5.41, 5.74) is 14.3. The van der Waals surface area contributed by atoms with Crippen molar-refractivity contribution in [1.29, 1.82) is 0 Å². The Bertz CT molecular complexity index is 1770. The van der Waals surface area contributed by atoms with Gasteiger partial charge in [0.25, 0.3) is 0 Å². The number of benzene rings is 1. The first kappa shape index (κ1) is 28.2. The van der Waals surface area contributed by atoms with E-state index in [2.05, 4.69) is 39.9 Å². The molecule has 0 unspecified atom stereocenters. The van der Waals surface area contributed by atoms with Gasteiger partial charge in [-0.05, 0) is 43.2 Å². The molecule has 0 saturated carbocycles. The highest BCUT2D eigenvalue weighted by atomic mass is 19.4. The van der Waals surface area contributed by atoms with Crippen LogP contribution in [0.4, 0.5) is 36.3 Å². The number of alkyl halides is 3. The lowest BCUT2D eigenvalue weighted by Gasteiger charge is -2.39. The van der Waals surface area contributed by atoms with Crippen LogP contribution in [0, 0.1) is 0 Å². The van der Waals surface area contributed by atoms with Crippen LogP contribution in [-0.4, -0.2) is 61.6 Å². The minimum atomic E-state index is -4.92. The zero-order chi connectivity index (χ0) is 30.2. The summed E-state index contributed by atoms with van der Waals surface area (Å²) in [7, 11) is 0. The zero-order valence-corrected chi connectivity index (χ0v) is 22.8. The molecule has 6 rings (SSSR count). The Balaban J connectivity index is 1.43. The molecule has 0 aliphatic carbocycles. The van der Waals surface area contributed by atoms with Crippen LogP contribution in [0.15, 0.2) is 67.1 Å². The molecule has 7 N–H and O–H groups in total. The van der Waals surface area contributed by atoms with Crippen molar-refractivity contribution in [2.24, 2.45) is 5.73 Å². The average molecular weight is 592 g/mol. The van der Waals surface area contributed by atoms with Gasteiger partial charge in [0, 0.05) is 41.9 Å². The average Bonchev–Trinajstić information content (AvgIpc) is 3.35. The molecule has 0 radical (unpaired) electrons. The van der Waals surface area contributed by atoms with Crippen molar-refractivity contribution < 1.29 is 23.0 Å². The fraction of sp³-hybridized carbons (Fsp3) is 0.241. The number of aromatic nitrogens is 5. The van der Waals surface area contributed by atoms with Gasteiger partial charge < -0.3 is 36.5 Å². The van der Waals surface area contributed by atoms with E-state index in [1.807, 2.05) is 36.4 Å². The molecule has 0 spiro atoms. The molecule has 222 valence electrons. The molecule has 1 saturated heterocycles. The van der Waals surface area contributed by atoms with Crippen molar-refractivity contribution >= 4 is 34.0 Å². The quantitative estimate of drug-likeness (QED) is 0.181. The summed E-state index contributed by atoms with van der Waals surface area (Å²) in [5.74, 6) is 0.607. The van der Waals surface area contributed by atoms with Crippen LogP contribution in [0.1, 0.15) is 12.8 Å². The van der Waals surface area contributed by atoms with Gasteiger partial charge in [-0.15, -0.1) is 13.2 Å². The van der Waals surface area contributed by atoms with Gasteiger partial charge in [-0.2, -0.15) is 0 Å². The first-order valence-electron chi connectivity index (χ1n) is 13.5. The number of pyridine rings is 2. The lowest BCUT2D eigenvalue weighted by atomic mass is 9.89. The summed E-state index contributed by atoms with van der Waals surface area (Å²) in [6.07, 6.45) is 0.562. The van der Waals surface area contributed by atoms with Crippen LogP contribution in [0.2, 0.25) is 0 Å². The summed E-state index contributed by atoms with van der Waals surface area (Å²) >= 11 is 0. The van der Waals surface area contributed by atoms with Gasteiger partial charge in [0.05, 0.1) is 24.1 Å². The van der Waals surface area contributed by atoms with E-state index in [0.717, 1.165) is 22.7 Å². The summed E-state index contributed by atoms with van der Waals surface area (Å²) in [5, 5.41) is 13.8. The van der Waals surface area contributed by atoms with Crippen molar-refractivity contribution in [2.75, 3.05) is 35.6 Å². The zero-order valence-electron chi connectivity index (χ0n) is 22.8. The van der Waals surface area contributed by atoms with Gasteiger partial charge >= 0.3 is 6.36 Å². The maximum atomic E-state index is 13.1. The third-order valence-electron chi connectivity index (χ3n) is 7.43. The first-order chi connectivity index (χ1) is 20.6. The van der Waals surface area contributed by atoms with E-state index < -0.39 is 17.7 Å². The van der Waals surface area contributed by atoms with E-state index in [1.165, 1.54) is 18.5 Å². The molecule has 4 aromatic heterocycles. The second-order valence-corrected chi connectivity index (χ2v) is 10.3. The highest BCUT2D eigenvalue weighted by molar-refractivity contribution is 6.04. The molecular formula is C29H28F3N9O2. The van der Waals surface area contributed by atoms with E-state index >= 15 is 0 Å². The van der Waals surface area contributed by atoms with Crippen molar-refractivity contribution in [3.63, 3.8) is 0 Å². The number of nitrogens with one attached hydrogen (secondary N) is 2. The van der Waals surface area contributed by atoms with E-state index in [0.29, 0.717) is 43.1 Å². The molecule has 0 bridgehead atoms. The monoisotopic (exact) mass is 591 g/mol. The number of nitrogens with zero attached hydrogens (tertiary/aromatic N) is 5. The number of anilines is 4. The van der Waals surface area contributed by atoms with Crippen LogP contribution < -0.4 is 26.4 Å². The van der Waals surface area contributed by atoms with Gasteiger partial charge in [0.15, 0.2) is 11.6 Å². The Labute approximate surface area is 243 Å². The van der Waals surface area contributed by atoms with Gasteiger partial charge in [-0.3, -0.25) is 4.98 Å². The Morgan fingerprint density at radius 3 is 2.51 bits per heavy atom. The molecule has 1 fully saturated rings. The second kappa shape index (κ2) is 11.0. The number of aromatic amines is 1. The van der Waals surface area contributed by atoms with Crippen LogP contribution in [0.25, 0.3) is 33.5 Å². The molecule has 11 nitrogen and oxygen atoms in total. The van der Waals surface area contributed by atoms with Crippen molar-refractivity contribution in [3.8, 4) is 28.4 Å². The minimum absolute atomic E-state index is 0.0428. The number of aliphatic hydroxyl groups excluding tert-OH is 1. The van der Waals surface area contributed by atoms with E-state index in [9.17, 15) is 18.3 Å². The number of aliphatic hydroxyl groups is 1. The summed E-state index contributed by atoms with van der Waals surface area (Å²) in [6, 6.07) is 13.7. The molecule has 14 heteroatoms. The number of nitrogens with two attached hydrogens (primary N) is 2. The number of para-hydroxylation sites is 1. The van der Waals surface area contributed by atoms with Crippen LogP contribution in [0.3, 0.4) is 0 Å². The normalized spacial score (nSPS) is 15.0.